The van der Waals surface area contributed by atoms with Crippen molar-refractivity contribution >= 4 is 98.9 Å². The summed E-state index contributed by atoms with van der Waals surface area (Å²) in [5.74, 6) is 8.03. The van der Waals surface area contributed by atoms with E-state index in [1.165, 1.54) is 0 Å². The summed E-state index contributed by atoms with van der Waals surface area (Å²) >= 11 is 0. The van der Waals surface area contributed by atoms with Crippen molar-refractivity contribution in [2.24, 2.45) is 0 Å². The molecule has 9 heterocycles. The van der Waals surface area contributed by atoms with Gasteiger partial charge in [0.1, 0.15) is 51.0 Å². The van der Waals surface area contributed by atoms with Gasteiger partial charge in [0.25, 0.3) is 0 Å². The van der Waals surface area contributed by atoms with Gasteiger partial charge >= 0.3 is 0 Å². The molecule has 0 saturated heterocycles. The summed E-state index contributed by atoms with van der Waals surface area (Å²) < 4.78 is 19.2. The van der Waals surface area contributed by atoms with Crippen LogP contribution < -0.4 is 0 Å². The van der Waals surface area contributed by atoms with Crippen LogP contribution >= 0.6 is 0 Å². The monoisotopic (exact) mass is 1930 g/mol. The van der Waals surface area contributed by atoms with Gasteiger partial charge in [0, 0.05) is 99.1 Å². The molecule has 0 radical (unpaired) electrons. The predicted octanol–water partition coefficient (Wildman–Crippen LogP) is 33.3. The maximum absolute atomic E-state index is 6.42. The second-order valence-corrected chi connectivity index (χ2v) is 36.8. The van der Waals surface area contributed by atoms with E-state index in [9.17, 15) is 0 Å². The summed E-state index contributed by atoms with van der Waals surface area (Å²) in [7, 11) is 0. The number of aromatic amines is 3. The smallest absolute Gasteiger partial charge is 0.164 e. The minimum atomic E-state index is 0.586. The third-order valence-corrected chi connectivity index (χ3v) is 27.4. The van der Waals surface area contributed by atoms with Crippen molar-refractivity contribution in [3.05, 3.63) is 485 Å². The van der Waals surface area contributed by atoms with Crippen LogP contribution in [0.4, 0.5) is 0 Å². The Kier molecular flexibility index (Phi) is 22.4. The first-order valence-electron chi connectivity index (χ1n) is 49.6. The van der Waals surface area contributed by atoms with Crippen molar-refractivity contribution in [2.45, 2.75) is 0 Å². The fourth-order valence-corrected chi connectivity index (χ4v) is 19.8. The standard InChI is InChI=1S/2C46H29N5O.C40H25N5O/c1-3-11-29(12-4-1)33-15-9-16-35(27-33)45-49-44(31-13-5-2-6-14-31)50-46(51-45)36-17-10-20-41-42(36)37-28-34(25-26-40(37)52-41)30-21-23-32(24-22-30)43-47-38-18-7-8-19-39(38)48-43;1-3-10-29(11-4-1)30-18-22-34(23-19-30)45-49-44(32-12-5-2-6-13-32)50-46(51-45)36-14-9-17-41-42(36)37-28-35(26-27-40(37)52-41)31-20-24-33(25-21-31)43-47-38-15-7-8-16-39(38)48-43;1-3-10-26(11-4-1)38-43-39(27-12-5-2-6-13-27)45-40(44-38)30-14-9-17-35-36(30)31-24-29(22-23-34(31)46-35)25-18-20-28(21-19-25)37-41-32-15-7-8-16-33(32)42-37/h2*1-28H,(H,47,48);1-24H,(H,41,42). The summed E-state index contributed by atoms with van der Waals surface area (Å²) in [4.78, 5) is 69.8. The molecule has 0 spiro atoms. The number of hydrogen-bond donors (Lipinski definition) is 3. The molecule has 18 nitrogen and oxygen atoms in total. The normalized spacial score (nSPS) is 11.5. The van der Waals surface area contributed by atoms with Crippen LogP contribution in [-0.2, 0) is 0 Å². The molecule has 18 heteroatoms. The molecule has 20 aromatic carbocycles. The predicted molar refractivity (Wildman–Crippen MR) is 603 cm³/mol. The van der Waals surface area contributed by atoms with Gasteiger partial charge in [0.05, 0.1) is 33.1 Å². The van der Waals surface area contributed by atoms with Gasteiger partial charge in [-0.1, -0.05) is 388 Å². The SMILES string of the molecule is c1ccc(-c2ccc(-c3nc(-c4ccccc4)nc(-c4cccc5oc6ccc(-c7ccc(-c8nc9ccccc9[nH]8)cc7)cc6c45)n3)cc2)cc1.c1ccc(-c2cccc(-c3nc(-c4ccccc4)nc(-c4cccc5oc6ccc(-c7ccc(-c8nc9ccccc9[nH]8)cc7)cc6c45)n3)c2)cc1.c1ccc(-c2nc(-c3ccccc3)nc(-c3cccc4oc5ccc(-c6ccc(-c7nc8ccccc8[nH]7)cc6)cc5c34)n2)cc1. The Labute approximate surface area is 858 Å². The summed E-state index contributed by atoms with van der Waals surface area (Å²) in [6.07, 6.45) is 0. The largest absolute Gasteiger partial charge is 0.456 e. The molecule has 29 rings (SSSR count). The minimum Gasteiger partial charge on any atom is -0.456 e. The molecule has 0 amide bonds. The third kappa shape index (κ3) is 17.2. The van der Waals surface area contributed by atoms with Gasteiger partial charge in [-0.05, 0) is 153 Å². The molecule has 29 aromatic rings. The van der Waals surface area contributed by atoms with Gasteiger partial charge in [0.2, 0.25) is 0 Å². The Morgan fingerprint density at radius 1 is 0.133 bits per heavy atom. The van der Waals surface area contributed by atoms with Crippen LogP contribution in [0.25, 0.3) is 291 Å². The van der Waals surface area contributed by atoms with Crippen LogP contribution in [0, 0.1) is 0 Å². The summed E-state index contributed by atoms with van der Waals surface area (Å²) in [6.45, 7) is 0. The number of rotatable bonds is 17. The van der Waals surface area contributed by atoms with Crippen LogP contribution in [0.15, 0.2) is 499 Å². The number of H-pyrrole nitrogens is 3. The quantitative estimate of drug-likeness (QED) is 0.0768. The van der Waals surface area contributed by atoms with Crippen LogP contribution in [0.3, 0.4) is 0 Å². The van der Waals surface area contributed by atoms with Crippen LogP contribution in [-0.4, -0.2) is 74.8 Å². The molecule has 0 saturated carbocycles. The van der Waals surface area contributed by atoms with Crippen molar-refractivity contribution in [2.75, 3.05) is 0 Å². The highest BCUT2D eigenvalue weighted by Crippen LogP contribution is 2.45. The van der Waals surface area contributed by atoms with E-state index < -0.39 is 0 Å². The second-order valence-electron chi connectivity index (χ2n) is 36.8. The third-order valence-electron chi connectivity index (χ3n) is 27.4. The van der Waals surface area contributed by atoms with Gasteiger partial charge in [0.15, 0.2) is 52.4 Å². The maximum atomic E-state index is 6.42. The van der Waals surface area contributed by atoms with Gasteiger partial charge in [-0.2, -0.15) is 0 Å². The first-order chi connectivity index (χ1) is 74.2. The Hall–Kier alpha value is -20.8. The van der Waals surface area contributed by atoms with Crippen molar-refractivity contribution in [1.29, 1.82) is 0 Å². The fourth-order valence-electron chi connectivity index (χ4n) is 19.8. The van der Waals surface area contributed by atoms with E-state index in [4.69, 9.17) is 73.1 Å². The molecule has 9 aromatic heterocycles. The molecular formula is C132H83N15O3. The first-order valence-corrected chi connectivity index (χ1v) is 49.6. The molecule has 704 valence electrons. The Morgan fingerprint density at radius 2 is 0.340 bits per heavy atom. The molecule has 0 aliphatic heterocycles. The lowest BCUT2D eigenvalue weighted by molar-refractivity contribution is 0.668. The average molecular weight is 1930 g/mol. The molecule has 0 atom stereocenters. The highest BCUT2D eigenvalue weighted by Gasteiger charge is 2.26. The van der Waals surface area contributed by atoms with E-state index >= 15 is 0 Å². The number of aromatic nitrogens is 15. The Morgan fingerprint density at radius 3 is 0.647 bits per heavy atom. The van der Waals surface area contributed by atoms with Crippen LogP contribution in [0.1, 0.15) is 0 Å². The van der Waals surface area contributed by atoms with Crippen molar-refractivity contribution in [3.8, 4) is 192 Å². The van der Waals surface area contributed by atoms with E-state index in [0.29, 0.717) is 52.4 Å². The molecule has 150 heavy (non-hydrogen) atoms. The Bertz CT molecular complexity index is 9970. The van der Waals surface area contributed by atoms with E-state index in [2.05, 4.69) is 239 Å². The highest BCUT2D eigenvalue weighted by atomic mass is 16.3. The zero-order valence-corrected chi connectivity index (χ0v) is 80.3. The Balaban J connectivity index is 0.000000111. The molecule has 0 bridgehead atoms. The first kappa shape index (κ1) is 88.2. The number of nitrogens with zero attached hydrogens (tertiary/aromatic N) is 12. The van der Waals surface area contributed by atoms with E-state index in [1.54, 1.807) is 0 Å². The maximum Gasteiger partial charge on any atom is 0.164 e. The fraction of sp³-hybridized carbons (Fsp3) is 0. The second kappa shape index (κ2) is 38.2. The average Bonchev–Trinajstić information content (AvgIpc) is 1.57. The summed E-state index contributed by atoms with van der Waals surface area (Å²) in [5, 5.41) is 5.91. The number of furan rings is 3. The van der Waals surface area contributed by atoms with E-state index in [-0.39, 0.29) is 0 Å². The highest BCUT2D eigenvalue weighted by molar-refractivity contribution is 6.16. The number of benzene rings is 20. The summed E-state index contributed by atoms with van der Waals surface area (Å²) in [5.41, 5.74) is 33.1. The zero-order chi connectivity index (χ0) is 99.3. The lowest BCUT2D eigenvalue weighted by Crippen LogP contribution is -2.00. The van der Waals surface area contributed by atoms with Crippen molar-refractivity contribution < 1.29 is 13.3 Å². The van der Waals surface area contributed by atoms with E-state index in [0.717, 1.165) is 239 Å². The van der Waals surface area contributed by atoms with Gasteiger partial charge in [-0.3, -0.25) is 0 Å². The van der Waals surface area contributed by atoms with Crippen LogP contribution in [0.2, 0.25) is 0 Å². The molecule has 0 aliphatic rings. The summed E-state index contributed by atoms with van der Waals surface area (Å²) in [6, 6.07) is 165. The topological polar surface area (TPSA) is 241 Å². The van der Waals surface area contributed by atoms with Crippen molar-refractivity contribution in [1.82, 2.24) is 74.8 Å². The number of para-hydroxylation sites is 6. The number of nitrogens with one attached hydrogen (secondary N) is 3. The molecule has 0 unspecified atom stereocenters. The number of imidazole rings is 3. The van der Waals surface area contributed by atoms with Gasteiger partial charge in [-0.25, -0.2) is 59.8 Å². The zero-order valence-electron chi connectivity index (χ0n) is 80.3. The van der Waals surface area contributed by atoms with Crippen LogP contribution in [0.5, 0.6) is 0 Å². The lowest BCUT2D eigenvalue weighted by atomic mass is 9.99. The number of fused-ring (bicyclic) bond motifs is 12. The van der Waals surface area contributed by atoms with Crippen molar-refractivity contribution in [3.63, 3.8) is 0 Å². The molecular weight excluding hydrogens is 1840 g/mol. The van der Waals surface area contributed by atoms with Gasteiger partial charge < -0.3 is 28.2 Å². The molecule has 3 N–H and O–H groups in total. The minimum absolute atomic E-state index is 0.586. The molecule has 0 aliphatic carbocycles. The van der Waals surface area contributed by atoms with Gasteiger partial charge in [-0.15, -0.1) is 0 Å². The lowest BCUT2D eigenvalue weighted by Gasteiger charge is -2.10. The van der Waals surface area contributed by atoms with E-state index in [1.807, 2.05) is 261 Å². The molecule has 0 fully saturated rings. The number of hydrogen-bond acceptors (Lipinski definition) is 15.